The number of aliphatic hydroxyl groups is 1. The van der Waals surface area contributed by atoms with Gasteiger partial charge in [0.25, 0.3) is 0 Å². The van der Waals surface area contributed by atoms with Gasteiger partial charge in [-0.15, -0.1) is 6.58 Å². The molecular weight excluding hydrogens is 490 g/mol. The van der Waals surface area contributed by atoms with Crippen molar-refractivity contribution in [2.75, 3.05) is 6.61 Å². The summed E-state index contributed by atoms with van der Waals surface area (Å²) in [5.41, 5.74) is -1.16. The fraction of sp³-hybridized carbons (Fsp3) is 0.655. The molecule has 2 N–H and O–H groups in total. The highest BCUT2D eigenvalue weighted by molar-refractivity contribution is 6.61. The lowest BCUT2D eigenvalue weighted by molar-refractivity contribution is -0.207. The Bertz CT molecular complexity index is 1160. The molecule has 9 heteroatoms. The summed E-state index contributed by atoms with van der Waals surface area (Å²) in [4.78, 5) is 26.7. The average Bonchev–Trinajstić information content (AvgIpc) is 3.44. The third-order valence-corrected chi connectivity index (χ3v) is 10.8. The first-order valence-electron chi connectivity index (χ1n) is 13.7. The summed E-state index contributed by atoms with van der Waals surface area (Å²) in [6.07, 6.45) is 3.62. The zero-order valence-corrected chi connectivity index (χ0v) is 22.7. The molecule has 3 saturated carbocycles. The number of benzene rings is 1. The summed E-state index contributed by atoms with van der Waals surface area (Å²) < 4.78 is 31.2. The van der Waals surface area contributed by atoms with E-state index in [1.54, 1.807) is 6.08 Å². The molecule has 5 rings (SSSR count). The van der Waals surface area contributed by atoms with Gasteiger partial charge in [0, 0.05) is 34.8 Å². The number of hydrogen-bond acceptors (Lipinski definition) is 7. The maximum Gasteiger partial charge on any atom is 0.492 e. The minimum atomic E-state index is -1.24. The van der Waals surface area contributed by atoms with Crippen LogP contribution in [0.4, 0.5) is 4.39 Å². The molecule has 206 valence electrons. The Morgan fingerprint density at radius 3 is 2.76 bits per heavy atom. The van der Waals surface area contributed by atoms with Gasteiger partial charge in [0.05, 0.1) is 12.7 Å². The molecule has 0 spiro atoms. The van der Waals surface area contributed by atoms with Crippen molar-refractivity contribution < 1.29 is 38.2 Å². The Labute approximate surface area is 223 Å². The lowest BCUT2D eigenvalue weighted by Gasteiger charge is -2.61. The summed E-state index contributed by atoms with van der Waals surface area (Å²) in [6.45, 7) is 11.7. The molecule has 1 aromatic rings. The number of hydrogen-bond donors (Lipinski definition) is 2. The highest BCUT2D eigenvalue weighted by Crippen LogP contribution is 2.68. The second kappa shape index (κ2) is 9.45. The molecule has 8 atom stereocenters. The first kappa shape index (κ1) is 27.3. The minimum Gasteiger partial charge on any atom is -0.482 e. The predicted molar refractivity (Wildman–Crippen MR) is 139 cm³/mol. The normalized spacial score (nSPS) is 40.1. The molecule has 7 nitrogen and oxygen atoms in total. The van der Waals surface area contributed by atoms with Gasteiger partial charge >= 0.3 is 13.1 Å². The second-order valence-electron chi connectivity index (χ2n) is 12.5. The quantitative estimate of drug-likeness (QED) is 0.344. The van der Waals surface area contributed by atoms with Crippen molar-refractivity contribution >= 4 is 24.3 Å². The van der Waals surface area contributed by atoms with E-state index >= 15 is 0 Å². The van der Waals surface area contributed by atoms with Crippen molar-refractivity contribution in [2.24, 2.45) is 34.0 Å². The van der Waals surface area contributed by atoms with Crippen LogP contribution in [0.15, 0.2) is 24.8 Å². The summed E-state index contributed by atoms with van der Waals surface area (Å²) in [7, 11) is -1.24. The molecule has 3 fully saturated rings. The number of fused-ring (bicyclic) bond motifs is 1. The molecule has 1 heterocycles. The number of rotatable bonds is 5. The molecule has 1 aromatic carbocycles. The molecule has 0 radical (unpaired) electrons. The van der Waals surface area contributed by atoms with Crippen LogP contribution in [0.1, 0.15) is 65.4 Å². The van der Waals surface area contributed by atoms with Gasteiger partial charge < -0.3 is 24.3 Å². The molecule has 0 unspecified atom stereocenters. The number of aliphatic hydroxyl groups excluding tert-OH is 1. The lowest BCUT2D eigenvalue weighted by atomic mass is 9.44. The van der Waals surface area contributed by atoms with Crippen molar-refractivity contribution in [1.82, 2.24) is 0 Å². The van der Waals surface area contributed by atoms with E-state index in [2.05, 4.69) is 27.4 Å². The molecule has 0 aromatic heterocycles. The van der Waals surface area contributed by atoms with Crippen LogP contribution in [0, 0.1) is 39.8 Å². The summed E-state index contributed by atoms with van der Waals surface area (Å²) in [6, 6.07) is 2.62. The third-order valence-electron chi connectivity index (χ3n) is 10.8. The highest BCUT2D eigenvalue weighted by atomic mass is 19.1. The number of ether oxygens (including phenoxy) is 2. The highest BCUT2D eigenvalue weighted by Gasteiger charge is 2.68. The maximum absolute atomic E-state index is 14.4. The van der Waals surface area contributed by atoms with Crippen LogP contribution < -0.4 is 10.2 Å². The van der Waals surface area contributed by atoms with E-state index in [0.717, 1.165) is 25.3 Å². The molecule has 0 amide bonds. The fourth-order valence-corrected chi connectivity index (χ4v) is 8.18. The molecule has 1 aliphatic heterocycles. The van der Waals surface area contributed by atoms with Gasteiger partial charge in [0.2, 0.25) is 0 Å². The van der Waals surface area contributed by atoms with Gasteiger partial charge in [0.15, 0.2) is 6.61 Å². The smallest absolute Gasteiger partial charge is 0.482 e. The number of Topliss-reactive ketones (excluding diaryl/α,β-unsaturated/α-hetero) is 1. The second-order valence-corrected chi connectivity index (χ2v) is 12.5. The van der Waals surface area contributed by atoms with Crippen LogP contribution in [0.3, 0.4) is 0 Å². The van der Waals surface area contributed by atoms with E-state index in [0.29, 0.717) is 12.8 Å². The number of halogens is 1. The topological polar surface area (TPSA) is 102 Å². The summed E-state index contributed by atoms with van der Waals surface area (Å²) >= 11 is 0. The van der Waals surface area contributed by atoms with Gasteiger partial charge in [0.1, 0.15) is 23.5 Å². The number of ketones is 1. The number of carbonyl (C=O) groups excluding carboxylic acids is 2. The molecule has 38 heavy (non-hydrogen) atoms. The number of carbonyl (C=O) groups is 2. The van der Waals surface area contributed by atoms with Gasteiger partial charge in [-0.1, -0.05) is 33.8 Å². The zero-order chi connectivity index (χ0) is 27.6. The Morgan fingerprint density at radius 2 is 2.05 bits per heavy atom. The van der Waals surface area contributed by atoms with Crippen LogP contribution in [-0.4, -0.2) is 47.8 Å². The van der Waals surface area contributed by atoms with E-state index in [1.807, 2.05) is 6.92 Å². The zero-order valence-electron chi connectivity index (χ0n) is 22.7. The monoisotopic (exact) mass is 528 g/mol. The van der Waals surface area contributed by atoms with E-state index in [4.69, 9.17) is 14.1 Å². The van der Waals surface area contributed by atoms with Crippen molar-refractivity contribution in [3.05, 3.63) is 36.2 Å². The molecule has 4 aliphatic rings. The lowest BCUT2D eigenvalue weighted by Crippen LogP contribution is -2.63. The molecule has 3 aliphatic carbocycles. The molecule has 0 saturated heterocycles. The van der Waals surface area contributed by atoms with Gasteiger partial charge in [-0.2, -0.15) is 0 Å². The summed E-state index contributed by atoms with van der Waals surface area (Å²) in [5, 5.41) is 21.5. The number of esters is 1. The average molecular weight is 528 g/mol. The summed E-state index contributed by atoms with van der Waals surface area (Å²) in [5.74, 6) is -1.25. The van der Waals surface area contributed by atoms with Crippen molar-refractivity contribution in [3.63, 3.8) is 0 Å². The van der Waals surface area contributed by atoms with Crippen LogP contribution in [0.5, 0.6) is 5.75 Å². The van der Waals surface area contributed by atoms with E-state index in [1.165, 1.54) is 6.07 Å². The largest absolute Gasteiger partial charge is 0.492 e. The van der Waals surface area contributed by atoms with E-state index < -0.39 is 48.5 Å². The van der Waals surface area contributed by atoms with Gasteiger partial charge in [-0.3, -0.25) is 4.79 Å². The van der Waals surface area contributed by atoms with Gasteiger partial charge in [-0.05, 0) is 54.5 Å². The Hall–Kier alpha value is -2.23. The SMILES string of the molecule is C=C[C@]1(C)C[C@@H](OC(=O)COc2cc(F)c3c(c2)B(O)OC3)[C@@]2(C)[C@@H]3C(=O)CC[C@@]3(CC[C@@H]2C)[C@@H](C)[C@@H]1O. The molecular formula is C29H38BFO7. The first-order chi connectivity index (χ1) is 17.9. The van der Waals surface area contributed by atoms with Crippen LogP contribution in [-0.2, 0) is 25.6 Å². The predicted octanol–water partition coefficient (Wildman–Crippen LogP) is 3.33. The van der Waals surface area contributed by atoms with Crippen LogP contribution in [0.2, 0.25) is 0 Å². The van der Waals surface area contributed by atoms with Crippen molar-refractivity contribution in [1.29, 1.82) is 0 Å². The standard InChI is InChI=1S/C29H38BFO7/c1-6-27(4)13-23(38-24(33)15-36-18-11-20-19(21(31)12-18)14-37-30(20)35)28(5)16(2)7-9-29(17(3)26(27)34)10-8-22(32)25(28)29/h6,11-12,16-17,23,25-26,34-35H,1,7-10,13-15H2,2-5H3/t16-,17-,23+,25-,26-,27+,28-,29-/m0/s1. The van der Waals surface area contributed by atoms with Crippen LogP contribution in [0.25, 0.3) is 0 Å². The first-order valence-corrected chi connectivity index (χ1v) is 13.7. The Morgan fingerprint density at radius 1 is 1.32 bits per heavy atom. The Balaban J connectivity index is 1.44. The Kier molecular flexibility index (Phi) is 6.80. The van der Waals surface area contributed by atoms with E-state index in [9.17, 15) is 24.1 Å². The fourth-order valence-electron chi connectivity index (χ4n) is 8.18. The van der Waals surface area contributed by atoms with Crippen molar-refractivity contribution in [3.8, 4) is 5.75 Å². The third kappa shape index (κ3) is 3.96. The van der Waals surface area contributed by atoms with Crippen molar-refractivity contribution in [2.45, 2.75) is 78.6 Å². The molecule has 2 bridgehead atoms. The van der Waals surface area contributed by atoms with E-state index in [-0.39, 0.29) is 52.3 Å². The minimum absolute atomic E-state index is 0.0307. The van der Waals surface area contributed by atoms with Gasteiger partial charge in [-0.25, -0.2) is 9.18 Å². The maximum atomic E-state index is 14.4. The van der Waals surface area contributed by atoms with Crippen LogP contribution >= 0.6 is 0 Å².